The highest BCUT2D eigenvalue weighted by molar-refractivity contribution is 6.01. The number of hydrogen-bond acceptors (Lipinski definition) is 6. The normalized spacial score (nSPS) is 18.4. The van der Waals surface area contributed by atoms with Gasteiger partial charge in [-0.25, -0.2) is 9.78 Å². The number of likely N-dealkylation sites (tertiary alicyclic amines) is 1. The van der Waals surface area contributed by atoms with Crippen LogP contribution in [0.15, 0.2) is 36.5 Å². The molecule has 1 unspecified atom stereocenters. The molecule has 2 aliphatic rings. The Kier molecular flexibility index (Phi) is 6.11. The Morgan fingerprint density at radius 1 is 1.29 bits per heavy atom. The van der Waals surface area contributed by atoms with Crippen LogP contribution >= 0.6 is 0 Å². The molecule has 0 saturated carbocycles. The molecule has 0 bridgehead atoms. The monoisotopic (exact) mass is 422 g/mol. The van der Waals surface area contributed by atoms with Crippen LogP contribution in [0.1, 0.15) is 43.1 Å². The molecule has 2 aromatic rings. The summed E-state index contributed by atoms with van der Waals surface area (Å²) in [6.07, 6.45) is 4.25. The molecule has 9 heteroatoms. The molecule has 4 rings (SSSR count). The highest BCUT2D eigenvalue weighted by Gasteiger charge is 2.32. The summed E-state index contributed by atoms with van der Waals surface area (Å²) >= 11 is 0. The summed E-state index contributed by atoms with van der Waals surface area (Å²) in [5.74, 6) is 0.532. The van der Waals surface area contributed by atoms with E-state index in [1.54, 1.807) is 6.20 Å². The van der Waals surface area contributed by atoms with Gasteiger partial charge in [-0.15, -0.1) is 0 Å². The number of aromatic nitrogens is 2. The average Bonchev–Trinajstić information content (AvgIpc) is 3.36. The van der Waals surface area contributed by atoms with Gasteiger partial charge >= 0.3 is 6.03 Å². The summed E-state index contributed by atoms with van der Waals surface area (Å²) in [6, 6.07) is 9.15. The minimum atomic E-state index is -0.381. The number of aryl methyl sites for hydroxylation is 1. The molecule has 0 aromatic carbocycles. The third-order valence-corrected chi connectivity index (χ3v) is 5.53. The molecule has 1 atom stereocenters. The lowest BCUT2D eigenvalue weighted by atomic mass is 10.1. The number of urea groups is 1. The second-order valence-corrected chi connectivity index (χ2v) is 7.81. The first-order valence-electron chi connectivity index (χ1n) is 10.6. The van der Waals surface area contributed by atoms with Crippen molar-refractivity contribution in [2.45, 2.75) is 38.6 Å². The molecule has 2 N–H and O–H groups in total. The molecule has 2 aliphatic heterocycles. The summed E-state index contributed by atoms with van der Waals surface area (Å²) in [6.45, 7) is 2.92. The molecular formula is C22H26N6O3. The Hall–Kier alpha value is -3.49. The second kappa shape index (κ2) is 9.11. The number of anilines is 2. The number of nitrogens with zero attached hydrogens (tertiary/aromatic N) is 4. The van der Waals surface area contributed by atoms with Crippen molar-refractivity contribution < 1.29 is 14.4 Å². The number of imide groups is 1. The van der Waals surface area contributed by atoms with E-state index in [1.807, 2.05) is 42.2 Å². The molecule has 4 heterocycles. The minimum Gasteiger partial charge on any atom is -0.340 e. The van der Waals surface area contributed by atoms with Crippen molar-refractivity contribution in [3.63, 3.8) is 0 Å². The number of rotatable bonds is 7. The van der Waals surface area contributed by atoms with Crippen LogP contribution in [-0.4, -0.2) is 57.2 Å². The van der Waals surface area contributed by atoms with E-state index in [0.29, 0.717) is 19.4 Å². The van der Waals surface area contributed by atoms with Gasteiger partial charge in [0.15, 0.2) is 0 Å². The van der Waals surface area contributed by atoms with Crippen molar-refractivity contribution in [1.82, 2.24) is 25.1 Å². The second-order valence-electron chi connectivity index (χ2n) is 7.81. The van der Waals surface area contributed by atoms with Crippen molar-refractivity contribution in [1.29, 1.82) is 0 Å². The van der Waals surface area contributed by atoms with Gasteiger partial charge in [0.05, 0.1) is 18.3 Å². The van der Waals surface area contributed by atoms with Crippen molar-refractivity contribution in [2.24, 2.45) is 0 Å². The zero-order valence-corrected chi connectivity index (χ0v) is 17.5. The van der Waals surface area contributed by atoms with Crippen molar-refractivity contribution in [3.8, 4) is 0 Å². The van der Waals surface area contributed by atoms with Gasteiger partial charge in [-0.2, -0.15) is 0 Å². The average molecular weight is 422 g/mol. The summed E-state index contributed by atoms with van der Waals surface area (Å²) in [5.41, 5.74) is 2.62. The van der Waals surface area contributed by atoms with Crippen LogP contribution in [0, 0.1) is 6.92 Å². The third-order valence-electron chi connectivity index (χ3n) is 5.53. The van der Waals surface area contributed by atoms with E-state index in [2.05, 4.69) is 15.6 Å². The van der Waals surface area contributed by atoms with E-state index >= 15 is 0 Å². The molecule has 2 saturated heterocycles. The molecule has 0 radical (unpaired) electrons. The lowest BCUT2D eigenvalue weighted by Crippen LogP contribution is -2.34. The largest absolute Gasteiger partial charge is 0.340 e. The molecule has 0 spiro atoms. The van der Waals surface area contributed by atoms with Gasteiger partial charge in [0.2, 0.25) is 11.8 Å². The number of carbonyl (C=O) groups is 3. The van der Waals surface area contributed by atoms with Crippen molar-refractivity contribution in [2.75, 3.05) is 25.0 Å². The fraction of sp³-hybridized carbons (Fsp3) is 0.409. The molecule has 31 heavy (non-hydrogen) atoms. The van der Waals surface area contributed by atoms with Crippen LogP contribution < -0.4 is 10.6 Å². The molecule has 0 aliphatic carbocycles. The lowest BCUT2D eigenvalue weighted by molar-refractivity contribution is -0.133. The first kappa shape index (κ1) is 20.8. The van der Waals surface area contributed by atoms with Gasteiger partial charge in [0, 0.05) is 37.1 Å². The van der Waals surface area contributed by atoms with Gasteiger partial charge in [0.25, 0.3) is 0 Å². The Morgan fingerprint density at radius 3 is 2.90 bits per heavy atom. The van der Waals surface area contributed by atoms with Crippen LogP contribution in [0.2, 0.25) is 0 Å². The van der Waals surface area contributed by atoms with Crippen LogP contribution in [0.3, 0.4) is 0 Å². The summed E-state index contributed by atoms with van der Waals surface area (Å²) in [7, 11) is 0. The van der Waals surface area contributed by atoms with E-state index < -0.39 is 0 Å². The van der Waals surface area contributed by atoms with Gasteiger partial charge in [-0.3, -0.25) is 19.5 Å². The molecular weight excluding hydrogens is 396 g/mol. The zero-order valence-electron chi connectivity index (χ0n) is 17.5. The summed E-state index contributed by atoms with van der Waals surface area (Å²) in [5, 5.41) is 5.79. The quantitative estimate of drug-likeness (QED) is 0.664. The molecule has 2 aromatic heterocycles. The number of hydrogen-bond donors (Lipinski definition) is 2. The van der Waals surface area contributed by atoms with E-state index in [9.17, 15) is 14.4 Å². The Morgan fingerprint density at radius 2 is 2.16 bits per heavy atom. The molecule has 9 nitrogen and oxygen atoms in total. The number of nitrogens with one attached hydrogen (secondary N) is 2. The van der Waals surface area contributed by atoms with E-state index in [0.717, 1.165) is 35.7 Å². The zero-order chi connectivity index (χ0) is 21.8. The fourth-order valence-corrected chi connectivity index (χ4v) is 4.11. The topological polar surface area (TPSA) is 108 Å². The predicted octanol–water partition coefficient (Wildman–Crippen LogP) is 2.52. The molecule has 4 amide bonds. The first-order chi connectivity index (χ1) is 15.0. The predicted molar refractivity (Wildman–Crippen MR) is 115 cm³/mol. The van der Waals surface area contributed by atoms with Gasteiger partial charge in [-0.05, 0) is 50.5 Å². The van der Waals surface area contributed by atoms with Gasteiger partial charge in [0.1, 0.15) is 5.82 Å². The minimum absolute atomic E-state index is 0.0251. The third kappa shape index (κ3) is 4.82. The van der Waals surface area contributed by atoms with Crippen LogP contribution in [0.4, 0.5) is 16.3 Å². The van der Waals surface area contributed by atoms with Crippen molar-refractivity contribution >= 4 is 29.4 Å². The van der Waals surface area contributed by atoms with Crippen LogP contribution in [0.5, 0.6) is 0 Å². The standard InChI is InChI=1S/C22H26N6O3/c1-15-12-16(26-19-7-2-3-9-23-19)13-17(25-15)18-6-4-10-27(18)20(29)8-5-11-28-21(30)14-24-22(28)31/h2-3,7,9,12-13,18H,4-6,8,10-11,14H2,1H3,(H,24,31)(H,23,25,26). The molecule has 2 fully saturated rings. The van der Waals surface area contributed by atoms with E-state index in [4.69, 9.17) is 4.98 Å². The highest BCUT2D eigenvalue weighted by Crippen LogP contribution is 2.33. The number of pyridine rings is 2. The molecule has 162 valence electrons. The maximum Gasteiger partial charge on any atom is 0.324 e. The lowest BCUT2D eigenvalue weighted by Gasteiger charge is -2.25. The van der Waals surface area contributed by atoms with E-state index in [1.165, 1.54) is 4.90 Å². The number of carbonyl (C=O) groups excluding carboxylic acids is 3. The SMILES string of the molecule is Cc1cc(Nc2ccccn2)cc(C2CCCN2C(=O)CCCN2C(=O)CNC2=O)n1. The maximum absolute atomic E-state index is 12.9. The van der Waals surface area contributed by atoms with Crippen LogP contribution in [-0.2, 0) is 9.59 Å². The van der Waals surface area contributed by atoms with Crippen molar-refractivity contribution in [3.05, 3.63) is 47.9 Å². The van der Waals surface area contributed by atoms with Gasteiger partial charge in [-0.1, -0.05) is 6.07 Å². The maximum atomic E-state index is 12.9. The van der Waals surface area contributed by atoms with Crippen LogP contribution in [0.25, 0.3) is 0 Å². The number of amides is 4. The summed E-state index contributed by atoms with van der Waals surface area (Å²) in [4.78, 5) is 48.2. The summed E-state index contributed by atoms with van der Waals surface area (Å²) < 4.78 is 0. The Balaban J connectivity index is 1.41. The van der Waals surface area contributed by atoms with Gasteiger partial charge < -0.3 is 15.5 Å². The first-order valence-corrected chi connectivity index (χ1v) is 10.6. The van der Waals surface area contributed by atoms with E-state index in [-0.39, 0.29) is 37.0 Å². The fourth-order valence-electron chi connectivity index (χ4n) is 4.11. The highest BCUT2D eigenvalue weighted by atomic mass is 16.2. The Bertz CT molecular complexity index is 964. The Labute approximate surface area is 180 Å². The smallest absolute Gasteiger partial charge is 0.324 e.